The summed E-state index contributed by atoms with van der Waals surface area (Å²) in [7, 11) is 0. The Hall–Kier alpha value is -0.610. The minimum atomic E-state index is -0.862. The summed E-state index contributed by atoms with van der Waals surface area (Å²) in [6.45, 7) is 7.15. The van der Waals surface area contributed by atoms with Crippen molar-refractivity contribution in [1.82, 2.24) is 0 Å². The monoisotopic (exact) mass is 217 g/mol. The van der Waals surface area contributed by atoms with Crippen LogP contribution in [0.5, 0.6) is 0 Å². The first-order chi connectivity index (χ1) is 7.04. The highest BCUT2D eigenvalue weighted by atomic mass is 16.6. The largest absolute Gasteiger partial charge is 0.462 e. The van der Waals surface area contributed by atoms with Gasteiger partial charge in [0.2, 0.25) is 0 Å². The van der Waals surface area contributed by atoms with Gasteiger partial charge in [-0.2, -0.15) is 0 Å². The summed E-state index contributed by atoms with van der Waals surface area (Å²) in [5, 5.41) is 0. The van der Waals surface area contributed by atoms with E-state index < -0.39 is 5.54 Å². The maximum Gasteiger partial charge on any atom is 0.325 e. The molecule has 0 saturated carbocycles. The van der Waals surface area contributed by atoms with Gasteiger partial charge in [-0.25, -0.2) is 0 Å². The molecule has 15 heavy (non-hydrogen) atoms. The molecule has 0 heterocycles. The van der Waals surface area contributed by atoms with Gasteiger partial charge in [0.25, 0.3) is 0 Å². The maximum absolute atomic E-state index is 11.5. The molecule has 4 nitrogen and oxygen atoms in total. The third kappa shape index (κ3) is 6.47. The van der Waals surface area contributed by atoms with Crippen LogP contribution in [-0.2, 0) is 14.3 Å². The van der Waals surface area contributed by atoms with Crippen molar-refractivity contribution in [2.75, 3.05) is 19.8 Å². The Labute approximate surface area is 92.1 Å². The van der Waals surface area contributed by atoms with Crippen LogP contribution in [0.4, 0.5) is 0 Å². The number of hydrogen-bond donors (Lipinski definition) is 1. The molecule has 0 aromatic heterocycles. The highest BCUT2D eigenvalue weighted by Gasteiger charge is 2.28. The molecule has 0 aromatic carbocycles. The van der Waals surface area contributed by atoms with Crippen LogP contribution in [-0.4, -0.2) is 31.3 Å². The molecule has 0 aliphatic carbocycles. The fourth-order valence-electron chi connectivity index (χ4n) is 1.23. The first-order valence-corrected chi connectivity index (χ1v) is 5.58. The van der Waals surface area contributed by atoms with Crippen molar-refractivity contribution in [2.24, 2.45) is 5.73 Å². The van der Waals surface area contributed by atoms with Crippen LogP contribution in [0.3, 0.4) is 0 Å². The summed E-state index contributed by atoms with van der Waals surface area (Å²) in [5.41, 5.74) is 4.93. The van der Waals surface area contributed by atoms with E-state index in [9.17, 15) is 4.79 Å². The van der Waals surface area contributed by atoms with Gasteiger partial charge in [-0.3, -0.25) is 4.79 Å². The van der Waals surface area contributed by atoms with Gasteiger partial charge in [0.05, 0.1) is 6.61 Å². The zero-order valence-corrected chi connectivity index (χ0v) is 10.0. The summed E-state index contributed by atoms with van der Waals surface area (Å²) < 4.78 is 10.2. The van der Waals surface area contributed by atoms with Gasteiger partial charge in [-0.05, 0) is 19.8 Å². The second kappa shape index (κ2) is 7.65. The molecule has 1 unspecified atom stereocenters. The predicted octanol–water partition coefficient (Wildman–Crippen LogP) is 1.47. The maximum atomic E-state index is 11.5. The van der Waals surface area contributed by atoms with Crippen LogP contribution < -0.4 is 5.73 Å². The minimum absolute atomic E-state index is 0.287. The van der Waals surface area contributed by atoms with E-state index in [4.69, 9.17) is 15.2 Å². The molecule has 4 heteroatoms. The van der Waals surface area contributed by atoms with Crippen LogP contribution in [0.1, 0.15) is 40.0 Å². The van der Waals surface area contributed by atoms with Crippen LogP contribution >= 0.6 is 0 Å². The minimum Gasteiger partial charge on any atom is -0.462 e. The molecule has 0 radical (unpaired) electrons. The molecule has 0 aliphatic heterocycles. The Morgan fingerprint density at radius 2 is 1.87 bits per heavy atom. The smallest absolute Gasteiger partial charge is 0.325 e. The lowest BCUT2D eigenvalue weighted by Gasteiger charge is -2.21. The quantitative estimate of drug-likeness (QED) is 0.494. The molecule has 0 aromatic rings. The fourth-order valence-corrected chi connectivity index (χ4v) is 1.23. The van der Waals surface area contributed by atoms with Gasteiger partial charge < -0.3 is 15.2 Å². The Morgan fingerprint density at radius 1 is 1.20 bits per heavy atom. The molecule has 90 valence electrons. The fraction of sp³-hybridized carbons (Fsp3) is 0.909. The molecule has 0 bridgehead atoms. The van der Waals surface area contributed by atoms with Crippen molar-refractivity contribution >= 4 is 5.97 Å². The van der Waals surface area contributed by atoms with E-state index in [1.54, 1.807) is 6.92 Å². The molecule has 0 aliphatic rings. The Kier molecular flexibility index (Phi) is 7.34. The predicted molar refractivity (Wildman–Crippen MR) is 59.6 cm³/mol. The van der Waals surface area contributed by atoms with Crippen LogP contribution in [0.25, 0.3) is 0 Å². The lowest BCUT2D eigenvalue weighted by molar-refractivity contribution is -0.151. The topological polar surface area (TPSA) is 61.5 Å². The SMILES string of the molecule is CCCOCCOC(=O)C(C)(N)CCC. The third-order valence-corrected chi connectivity index (χ3v) is 2.04. The van der Waals surface area contributed by atoms with E-state index in [0.717, 1.165) is 12.8 Å². The van der Waals surface area contributed by atoms with E-state index in [-0.39, 0.29) is 12.6 Å². The number of rotatable bonds is 8. The van der Waals surface area contributed by atoms with E-state index in [1.807, 2.05) is 13.8 Å². The second-order valence-electron chi connectivity index (χ2n) is 3.92. The summed E-state index contributed by atoms with van der Waals surface area (Å²) in [5.74, 6) is -0.343. The molecule has 0 rings (SSSR count). The van der Waals surface area contributed by atoms with Gasteiger partial charge in [0, 0.05) is 6.61 Å². The zero-order valence-electron chi connectivity index (χ0n) is 10.0. The summed E-state index contributed by atoms with van der Waals surface area (Å²) in [4.78, 5) is 11.5. The van der Waals surface area contributed by atoms with E-state index >= 15 is 0 Å². The van der Waals surface area contributed by atoms with Gasteiger partial charge in [-0.1, -0.05) is 20.3 Å². The molecule has 2 N–H and O–H groups in total. The van der Waals surface area contributed by atoms with E-state index in [0.29, 0.717) is 19.6 Å². The normalized spacial score (nSPS) is 14.7. The van der Waals surface area contributed by atoms with E-state index in [2.05, 4.69) is 0 Å². The van der Waals surface area contributed by atoms with Crippen molar-refractivity contribution in [3.8, 4) is 0 Å². The van der Waals surface area contributed by atoms with Gasteiger partial charge in [-0.15, -0.1) is 0 Å². The molecule has 0 amide bonds. The number of hydrogen-bond acceptors (Lipinski definition) is 4. The number of ether oxygens (including phenoxy) is 2. The summed E-state index contributed by atoms with van der Waals surface area (Å²) >= 11 is 0. The molecular formula is C11H23NO3. The molecule has 0 spiro atoms. The van der Waals surface area contributed by atoms with Gasteiger partial charge in [0.1, 0.15) is 12.1 Å². The first kappa shape index (κ1) is 14.4. The average Bonchev–Trinajstić information content (AvgIpc) is 2.17. The lowest BCUT2D eigenvalue weighted by atomic mass is 9.98. The van der Waals surface area contributed by atoms with Gasteiger partial charge >= 0.3 is 5.97 Å². The number of esters is 1. The highest BCUT2D eigenvalue weighted by Crippen LogP contribution is 2.10. The van der Waals surface area contributed by atoms with Crippen LogP contribution in [0, 0.1) is 0 Å². The van der Waals surface area contributed by atoms with Crippen molar-refractivity contribution in [1.29, 1.82) is 0 Å². The van der Waals surface area contributed by atoms with Crippen molar-refractivity contribution < 1.29 is 14.3 Å². The summed E-state index contributed by atoms with van der Waals surface area (Å²) in [6, 6.07) is 0. The number of nitrogens with two attached hydrogens (primary N) is 1. The highest BCUT2D eigenvalue weighted by molar-refractivity contribution is 5.79. The Morgan fingerprint density at radius 3 is 2.40 bits per heavy atom. The Bertz CT molecular complexity index is 181. The Balaban J connectivity index is 3.64. The van der Waals surface area contributed by atoms with Crippen molar-refractivity contribution in [3.05, 3.63) is 0 Å². The van der Waals surface area contributed by atoms with Crippen LogP contribution in [0.2, 0.25) is 0 Å². The van der Waals surface area contributed by atoms with E-state index in [1.165, 1.54) is 0 Å². The molecule has 0 saturated heterocycles. The summed E-state index contributed by atoms with van der Waals surface area (Å²) in [6.07, 6.45) is 2.48. The number of carbonyl (C=O) groups is 1. The lowest BCUT2D eigenvalue weighted by Crippen LogP contribution is -2.46. The average molecular weight is 217 g/mol. The molecular weight excluding hydrogens is 194 g/mol. The van der Waals surface area contributed by atoms with Gasteiger partial charge in [0.15, 0.2) is 0 Å². The van der Waals surface area contributed by atoms with Crippen molar-refractivity contribution in [3.63, 3.8) is 0 Å². The number of carbonyl (C=O) groups excluding carboxylic acids is 1. The first-order valence-electron chi connectivity index (χ1n) is 5.58. The third-order valence-electron chi connectivity index (χ3n) is 2.04. The standard InChI is InChI=1S/C11H23NO3/c1-4-6-11(3,12)10(13)15-9-8-14-7-5-2/h4-9,12H2,1-3H3. The van der Waals surface area contributed by atoms with Crippen LogP contribution in [0.15, 0.2) is 0 Å². The molecule has 1 atom stereocenters. The zero-order chi connectivity index (χ0) is 11.7. The van der Waals surface area contributed by atoms with Crippen molar-refractivity contribution in [2.45, 2.75) is 45.6 Å². The molecule has 0 fully saturated rings. The second-order valence-corrected chi connectivity index (χ2v) is 3.92.